The van der Waals surface area contributed by atoms with Gasteiger partial charge in [-0.15, -0.1) is 0 Å². The summed E-state index contributed by atoms with van der Waals surface area (Å²) in [5.74, 6) is 0.872. The molecule has 0 aliphatic carbocycles. The number of rotatable bonds is 4. The highest BCUT2D eigenvalue weighted by Crippen LogP contribution is 2.41. The van der Waals surface area contributed by atoms with E-state index in [1.165, 1.54) is 0 Å². The van der Waals surface area contributed by atoms with Gasteiger partial charge in [-0.05, 0) is 43.3 Å². The zero-order chi connectivity index (χ0) is 17.3. The lowest BCUT2D eigenvalue weighted by Crippen LogP contribution is -2.18. The molecule has 2 atom stereocenters. The molecule has 1 aliphatic heterocycles. The number of halogens is 3. The van der Waals surface area contributed by atoms with Crippen LogP contribution in [-0.4, -0.2) is 17.6 Å². The largest absolute Gasteiger partial charge is 0.454 e. The number of alkyl halides is 1. The van der Waals surface area contributed by atoms with Crippen LogP contribution >= 0.6 is 43.5 Å². The van der Waals surface area contributed by atoms with Gasteiger partial charge in [0.15, 0.2) is 11.5 Å². The molecule has 2 aromatic carbocycles. The average molecular weight is 477 g/mol. The van der Waals surface area contributed by atoms with Gasteiger partial charge in [-0.1, -0.05) is 43.5 Å². The number of carbonyl (C=O) groups excluding carboxylic acids is 1. The number of carbonyl (C=O) groups is 1. The maximum Gasteiger partial charge on any atom is 0.338 e. The molecule has 0 saturated carbocycles. The predicted molar refractivity (Wildman–Crippen MR) is 98.3 cm³/mol. The van der Waals surface area contributed by atoms with Crippen molar-refractivity contribution in [2.45, 2.75) is 17.9 Å². The van der Waals surface area contributed by atoms with Crippen molar-refractivity contribution in [1.29, 1.82) is 0 Å². The first-order valence-electron chi connectivity index (χ1n) is 7.15. The molecule has 4 nitrogen and oxygen atoms in total. The molecule has 7 heteroatoms. The van der Waals surface area contributed by atoms with E-state index >= 15 is 0 Å². The van der Waals surface area contributed by atoms with Gasteiger partial charge >= 0.3 is 5.97 Å². The molecular weight excluding hydrogens is 463 g/mol. The van der Waals surface area contributed by atoms with Crippen molar-refractivity contribution in [3.05, 3.63) is 57.0 Å². The molecule has 0 bridgehead atoms. The van der Waals surface area contributed by atoms with Gasteiger partial charge in [0, 0.05) is 15.1 Å². The van der Waals surface area contributed by atoms with Crippen molar-refractivity contribution in [3.8, 4) is 11.5 Å². The first kappa shape index (κ1) is 17.6. The van der Waals surface area contributed by atoms with E-state index in [4.69, 9.17) is 25.8 Å². The van der Waals surface area contributed by atoms with E-state index in [1.807, 2.05) is 19.1 Å². The van der Waals surface area contributed by atoms with Crippen LogP contribution in [0.4, 0.5) is 0 Å². The lowest BCUT2D eigenvalue weighted by atomic mass is 10.1. The van der Waals surface area contributed by atoms with Gasteiger partial charge in [-0.3, -0.25) is 0 Å². The van der Waals surface area contributed by atoms with Crippen molar-refractivity contribution in [2.75, 3.05) is 6.79 Å². The van der Waals surface area contributed by atoms with E-state index in [-0.39, 0.29) is 11.6 Å². The van der Waals surface area contributed by atoms with Crippen molar-refractivity contribution in [1.82, 2.24) is 0 Å². The first-order valence-corrected chi connectivity index (χ1v) is 9.24. The molecule has 1 heterocycles. The van der Waals surface area contributed by atoms with E-state index in [1.54, 1.807) is 24.3 Å². The summed E-state index contributed by atoms with van der Waals surface area (Å²) in [5.41, 5.74) is 1.24. The number of hydrogen-bond donors (Lipinski definition) is 0. The third-order valence-corrected chi connectivity index (χ3v) is 4.95. The second kappa shape index (κ2) is 7.33. The molecule has 1 aliphatic rings. The van der Waals surface area contributed by atoms with Gasteiger partial charge in [0.2, 0.25) is 6.79 Å². The summed E-state index contributed by atoms with van der Waals surface area (Å²) in [6.45, 7) is 2.10. The standard InChI is InChI=1S/C17H13Br2ClO4/c1-9(18)16(24-17(21)10-2-4-11(20)5-3-10)12-6-14-15(7-13(12)19)23-8-22-14/h2-7,9,16H,8H2,1H3/t9-,16-/m1/s1. The second-order valence-electron chi connectivity index (χ2n) is 5.24. The number of esters is 1. The molecule has 0 saturated heterocycles. The van der Waals surface area contributed by atoms with Crippen LogP contribution in [0.2, 0.25) is 5.02 Å². The molecule has 2 aromatic rings. The monoisotopic (exact) mass is 474 g/mol. The quantitative estimate of drug-likeness (QED) is 0.431. The minimum absolute atomic E-state index is 0.106. The number of hydrogen-bond acceptors (Lipinski definition) is 4. The Hall–Kier alpha value is -1.24. The second-order valence-corrected chi connectivity index (χ2v) is 7.97. The van der Waals surface area contributed by atoms with Crippen molar-refractivity contribution >= 4 is 49.4 Å². The van der Waals surface area contributed by atoms with Gasteiger partial charge < -0.3 is 14.2 Å². The SMILES string of the molecule is C[C@@H](Br)[C@@H](OC(=O)c1ccc(Cl)cc1)c1cc2c(cc1Br)OCO2. The smallest absolute Gasteiger partial charge is 0.338 e. The van der Waals surface area contributed by atoms with Crippen LogP contribution in [0.15, 0.2) is 40.9 Å². The Kier molecular flexibility index (Phi) is 5.37. The molecule has 0 N–H and O–H groups in total. The lowest BCUT2D eigenvalue weighted by molar-refractivity contribution is 0.0302. The fraction of sp³-hybridized carbons (Fsp3) is 0.235. The molecule has 24 heavy (non-hydrogen) atoms. The van der Waals surface area contributed by atoms with E-state index in [0.717, 1.165) is 10.0 Å². The van der Waals surface area contributed by atoms with Crippen molar-refractivity contribution in [2.24, 2.45) is 0 Å². The number of ether oxygens (including phenoxy) is 3. The third-order valence-electron chi connectivity index (χ3n) is 3.53. The third kappa shape index (κ3) is 3.71. The molecule has 126 valence electrons. The Morgan fingerprint density at radius 1 is 1.21 bits per heavy atom. The van der Waals surface area contributed by atoms with Gasteiger partial charge in [0.05, 0.1) is 10.4 Å². The average Bonchev–Trinajstić information content (AvgIpc) is 2.99. The summed E-state index contributed by atoms with van der Waals surface area (Å²) in [5, 5.41) is 0.565. The highest BCUT2D eigenvalue weighted by molar-refractivity contribution is 9.10. The van der Waals surface area contributed by atoms with Gasteiger partial charge in [0.1, 0.15) is 6.10 Å². The summed E-state index contributed by atoms with van der Waals surface area (Å²) >= 11 is 12.9. The summed E-state index contributed by atoms with van der Waals surface area (Å²) < 4.78 is 17.3. The Labute approximate surface area is 161 Å². The van der Waals surface area contributed by atoms with E-state index in [2.05, 4.69) is 31.9 Å². The minimum atomic E-state index is -0.503. The van der Waals surface area contributed by atoms with E-state index < -0.39 is 12.1 Å². The minimum Gasteiger partial charge on any atom is -0.454 e. The van der Waals surface area contributed by atoms with Crippen molar-refractivity contribution < 1.29 is 19.0 Å². The normalized spacial score (nSPS) is 15.0. The fourth-order valence-corrected chi connectivity index (χ4v) is 3.39. The topological polar surface area (TPSA) is 44.8 Å². The lowest BCUT2D eigenvalue weighted by Gasteiger charge is -2.22. The van der Waals surface area contributed by atoms with Crippen LogP contribution in [0.3, 0.4) is 0 Å². The van der Waals surface area contributed by atoms with E-state index in [0.29, 0.717) is 22.1 Å². The molecule has 0 radical (unpaired) electrons. The zero-order valence-electron chi connectivity index (χ0n) is 12.6. The molecule has 0 fully saturated rings. The van der Waals surface area contributed by atoms with Crippen LogP contribution < -0.4 is 9.47 Å². The Morgan fingerprint density at radius 2 is 1.83 bits per heavy atom. The Balaban J connectivity index is 1.88. The molecule has 3 rings (SSSR count). The maximum absolute atomic E-state index is 12.4. The van der Waals surface area contributed by atoms with Gasteiger partial charge in [-0.25, -0.2) is 4.79 Å². The van der Waals surface area contributed by atoms with Crippen LogP contribution in [0.25, 0.3) is 0 Å². The highest BCUT2D eigenvalue weighted by Gasteiger charge is 2.27. The van der Waals surface area contributed by atoms with E-state index in [9.17, 15) is 4.79 Å². The first-order chi connectivity index (χ1) is 11.5. The summed E-state index contributed by atoms with van der Waals surface area (Å²) in [6, 6.07) is 10.2. The van der Waals surface area contributed by atoms with Crippen LogP contribution in [0, 0.1) is 0 Å². The maximum atomic E-state index is 12.4. The van der Waals surface area contributed by atoms with Crippen LogP contribution in [-0.2, 0) is 4.74 Å². The van der Waals surface area contributed by atoms with Gasteiger partial charge in [-0.2, -0.15) is 0 Å². The molecule has 0 spiro atoms. The fourth-order valence-electron chi connectivity index (χ4n) is 2.32. The molecular formula is C17H13Br2ClO4. The molecule has 0 aromatic heterocycles. The Bertz CT molecular complexity index is 762. The number of fused-ring (bicyclic) bond motifs is 1. The number of benzene rings is 2. The molecule has 0 unspecified atom stereocenters. The predicted octanol–water partition coefficient (Wildman–Crippen LogP) is 5.51. The molecule has 0 amide bonds. The van der Waals surface area contributed by atoms with Crippen LogP contribution in [0.5, 0.6) is 11.5 Å². The van der Waals surface area contributed by atoms with Crippen LogP contribution in [0.1, 0.15) is 28.9 Å². The van der Waals surface area contributed by atoms with Crippen molar-refractivity contribution in [3.63, 3.8) is 0 Å². The summed E-state index contributed by atoms with van der Waals surface area (Å²) in [6.07, 6.45) is -0.503. The summed E-state index contributed by atoms with van der Waals surface area (Å²) in [4.78, 5) is 12.3. The van der Waals surface area contributed by atoms with Gasteiger partial charge in [0.25, 0.3) is 0 Å². The highest BCUT2D eigenvalue weighted by atomic mass is 79.9. The Morgan fingerprint density at radius 3 is 2.46 bits per heavy atom. The zero-order valence-corrected chi connectivity index (χ0v) is 16.5. The summed E-state index contributed by atoms with van der Waals surface area (Å²) in [7, 11) is 0.